The lowest BCUT2D eigenvalue weighted by molar-refractivity contribution is -0.148. The van der Waals surface area contributed by atoms with Crippen molar-refractivity contribution in [2.45, 2.75) is 18.9 Å². The maximum absolute atomic E-state index is 11.9. The molecule has 1 aromatic carbocycles. The lowest BCUT2D eigenvalue weighted by atomic mass is 10.0. The van der Waals surface area contributed by atoms with Crippen LogP contribution in [0.2, 0.25) is 5.02 Å². The number of carbonyl (C=O) groups excluding carboxylic acids is 1. The summed E-state index contributed by atoms with van der Waals surface area (Å²) in [6, 6.07) is 5.59. The van der Waals surface area contributed by atoms with Gasteiger partial charge < -0.3 is 15.1 Å². The van der Waals surface area contributed by atoms with E-state index >= 15 is 0 Å². The van der Waals surface area contributed by atoms with Crippen LogP contribution in [0.1, 0.15) is 12.0 Å². The summed E-state index contributed by atoms with van der Waals surface area (Å²) >= 11 is 5.77. The van der Waals surface area contributed by atoms with Crippen LogP contribution in [-0.2, 0) is 20.8 Å². The minimum Gasteiger partial charge on any atom is -0.481 e. The van der Waals surface area contributed by atoms with Gasteiger partial charge in [0.05, 0.1) is 5.92 Å². The number of carbonyl (C=O) groups is 3. The lowest BCUT2D eigenvalue weighted by Gasteiger charge is -2.24. The number of likely N-dealkylation sites (tertiary alicyclic amines) is 1. The molecule has 1 heterocycles. The van der Waals surface area contributed by atoms with Crippen LogP contribution in [0.15, 0.2) is 24.3 Å². The van der Waals surface area contributed by atoms with Crippen LogP contribution >= 0.6 is 11.6 Å². The molecule has 2 rings (SSSR count). The number of aliphatic carboxylic acids is 2. The molecular formula is C14H14ClNO5. The number of hydrogen-bond donors (Lipinski definition) is 2. The third kappa shape index (κ3) is 3.52. The number of amides is 1. The van der Waals surface area contributed by atoms with Crippen molar-refractivity contribution in [3.8, 4) is 0 Å². The van der Waals surface area contributed by atoms with Gasteiger partial charge >= 0.3 is 11.9 Å². The van der Waals surface area contributed by atoms with Gasteiger partial charge in [-0.3, -0.25) is 9.59 Å². The van der Waals surface area contributed by atoms with Crippen molar-refractivity contribution < 1.29 is 24.6 Å². The molecule has 1 unspecified atom stereocenters. The molecule has 1 aliphatic rings. The molecule has 2 atom stereocenters. The van der Waals surface area contributed by atoms with Crippen LogP contribution in [0.5, 0.6) is 0 Å². The van der Waals surface area contributed by atoms with Gasteiger partial charge in [0.25, 0.3) is 0 Å². The zero-order valence-corrected chi connectivity index (χ0v) is 11.8. The number of nitrogens with zero attached hydrogens (tertiary/aromatic N) is 1. The number of carboxylic acid groups (broad SMARTS) is 2. The van der Waals surface area contributed by atoms with E-state index in [1.165, 1.54) is 0 Å². The first-order valence-electron chi connectivity index (χ1n) is 6.38. The maximum Gasteiger partial charge on any atom is 0.326 e. The number of benzene rings is 1. The van der Waals surface area contributed by atoms with E-state index in [9.17, 15) is 19.5 Å². The highest BCUT2D eigenvalue weighted by molar-refractivity contribution is 6.30. The molecule has 1 amide bonds. The topological polar surface area (TPSA) is 94.9 Å². The standard InChI is InChI=1S/C14H14ClNO5/c15-10-3-1-8(2-4-10)5-11(14(20)21)16-7-9(13(18)19)6-12(16)17/h1-4,9,11H,5-7H2,(H,18,19)(H,20,21)/t9?,11-/m0/s1. The Balaban J connectivity index is 2.16. The number of rotatable bonds is 5. The van der Waals surface area contributed by atoms with E-state index in [2.05, 4.69) is 0 Å². The van der Waals surface area contributed by atoms with E-state index in [-0.39, 0.29) is 19.4 Å². The molecular weight excluding hydrogens is 298 g/mol. The summed E-state index contributed by atoms with van der Waals surface area (Å²) in [5.41, 5.74) is 0.721. The first kappa shape index (κ1) is 15.3. The lowest BCUT2D eigenvalue weighted by Crippen LogP contribution is -2.44. The van der Waals surface area contributed by atoms with E-state index in [1.54, 1.807) is 24.3 Å². The van der Waals surface area contributed by atoms with E-state index in [4.69, 9.17) is 16.7 Å². The van der Waals surface area contributed by atoms with Gasteiger partial charge in [0.1, 0.15) is 6.04 Å². The molecule has 6 nitrogen and oxygen atoms in total. The molecule has 0 saturated carbocycles. The quantitative estimate of drug-likeness (QED) is 0.854. The van der Waals surface area contributed by atoms with Crippen molar-refractivity contribution in [2.24, 2.45) is 5.92 Å². The van der Waals surface area contributed by atoms with Gasteiger partial charge in [0.15, 0.2) is 0 Å². The molecule has 1 saturated heterocycles. The van der Waals surface area contributed by atoms with Crippen LogP contribution < -0.4 is 0 Å². The van der Waals surface area contributed by atoms with Gasteiger partial charge in [0, 0.05) is 24.4 Å². The first-order valence-corrected chi connectivity index (χ1v) is 6.76. The fraction of sp³-hybridized carbons (Fsp3) is 0.357. The number of carboxylic acids is 2. The van der Waals surface area contributed by atoms with Crippen molar-refractivity contribution in [3.63, 3.8) is 0 Å². The van der Waals surface area contributed by atoms with Crippen LogP contribution in [0, 0.1) is 5.92 Å². The Morgan fingerprint density at radius 3 is 2.38 bits per heavy atom. The fourth-order valence-electron chi connectivity index (χ4n) is 2.37. The summed E-state index contributed by atoms with van der Waals surface area (Å²) < 4.78 is 0. The second kappa shape index (κ2) is 6.13. The van der Waals surface area contributed by atoms with Crippen molar-refractivity contribution in [1.82, 2.24) is 4.90 Å². The molecule has 0 aromatic heterocycles. The smallest absolute Gasteiger partial charge is 0.326 e. The highest BCUT2D eigenvalue weighted by atomic mass is 35.5. The van der Waals surface area contributed by atoms with Gasteiger partial charge in [-0.2, -0.15) is 0 Å². The molecule has 0 radical (unpaired) electrons. The Hall–Kier alpha value is -2.08. The monoisotopic (exact) mass is 311 g/mol. The highest BCUT2D eigenvalue weighted by Gasteiger charge is 2.40. The molecule has 7 heteroatoms. The highest BCUT2D eigenvalue weighted by Crippen LogP contribution is 2.23. The third-order valence-corrected chi connectivity index (χ3v) is 3.76. The third-order valence-electron chi connectivity index (χ3n) is 3.51. The second-order valence-corrected chi connectivity index (χ2v) is 5.41. The van der Waals surface area contributed by atoms with Crippen LogP contribution in [0.3, 0.4) is 0 Å². The molecule has 1 fully saturated rings. The molecule has 21 heavy (non-hydrogen) atoms. The van der Waals surface area contributed by atoms with Gasteiger partial charge in [-0.05, 0) is 17.7 Å². The zero-order chi connectivity index (χ0) is 15.6. The van der Waals surface area contributed by atoms with Gasteiger partial charge in [-0.1, -0.05) is 23.7 Å². The van der Waals surface area contributed by atoms with E-state index in [0.717, 1.165) is 10.5 Å². The number of hydrogen-bond acceptors (Lipinski definition) is 3. The molecule has 112 valence electrons. The summed E-state index contributed by atoms with van der Waals surface area (Å²) in [5.74, 6) is -3.51. The Labute approximate surface area is 125 Å². The zero-order valence-electron chi connectivity index (χ0n) is 11.0. The summed E-state index contributed by atoms with van der Waals surface area (Å²) in [5, 5.41) is 18.8. The number of halogens is 1. The molecule has 1 aromatic rings. The molecule has 1 aliphatic heterocycles. The largest absolute Gasteiger partial charge is 0.481 e. The summed E-state index contributed by atoms with van der Waals surface area (Å²) in [6.45, 7) is -0.0707. The molecule has 0 aliphatic carbocycles. The summed E-state index contributed by atoms with van der Waals surface area (Å²) in [4.78, 5) is 35.3. The van der Waals surface area contributed by atoms with E-state index < -0.39 is 29.8 Å². The van der Waals surface area contributed by atoms with Gasteiger partial charge in [-0.25, -0.2) is 4.79 Å². The predicted octanol–water partition coefficient (Wildman–Crippen LogP) is 1.27. The second-order valence-electron chi connectivity index (χ2n) is 4.97. The average Bonchev–Trinajstić information content (AvgIpc) is 2.80. The van der Waals surface area contributed by atoms with Gasteiger partial charge in [-0.15, -0.1) is 0 Å². The molecule has 0 spiro atoms. The van der Waals surface area contributed by atoms with Crippen molar-refractivity contribution in [1.29, 1.82) is 0 Å². The van der Waals surface area contributed by atoms with E-state index in [0.29, 0.717) is 5.02 Å². The van der Waals surface area contributed by atoms with Crippen molar-refractivity contribution >= 4 is 29.4 Å². The predicted molar refractivity (Wildman–Crippen MR) is 74.0 cm³/mol. The molecule has 2 N–H and O–H groups in total. The van der Waals surface area contributed by atoms with Crippen molar-refractivity contribution in [2.75, 3.05) is 6.54 Å². The summed E-state index contributed by atoms with van der Waals surface area (Å²) in [6.07, 6.45) is -0.0374. The minimum atomic E-state index is -1.15. The van der Waals surface area contributed by atoms with Crippen molar-refractivity contribution in [3.05, 3.63) is 34.9 Å². The van der Waals surface area contributed by atoms with E-state index in [1.807, 2.05) is 0 Å². The Bertz CT molecular complexity index is 571. The average molecular weight is 312 g/mol. The Morgan fingerprint density at radius 2 is 1.90 bits per heavy atom. The Morgan fingerprint density at radius 1 is 1.29 bits per heavy atom. The fourth-order valence-corrected chi connectivity index (χ4v) is 2.50. The van der Waals surface area contributed by atoms with Crippen LogP contribution in [0.25, 0.3) is 0 Å². The maximum atomic E-state index is 11.9. The van der Waals surface area contributed by atoms with Crippen LogP contribution in [-0.4, -0.2) is 45.5 Å². The normalized spacial score (nSPS) is 19.6. The van der Waals surface area contributed by atoms with Crippen LogP contribution in [0.4, 0.5) is 0 Å². The minimum absolute atomic E-state index is 0.0707. The Kier molecular flexibility index (Phi) is 4.47. The molecule has 0 bridgehead atoms. The summed E-state index contributed by atoms with van der Waals surface area (Å²) in [7, 11) is 0. The SMILES string of the molecule is O=C(O)C1CC(=O)N([C@@H](Cc2ccc(Cl)cc2)C(=O)O)C1. The first-order chi connectivity index (χ1) is 9.88. The van der Waals surface area contributed by atoms with Gasteiger partial charge in [0.2, 0.25) is 5.91 Å².